The average molecular weight is 256 g/mol. The molecule has 2 aromatic rings. The molecule has 7 nitrogen and oxygen atoms in total. The van der Waals surface area contributed by atoms with E-state index in [1.807, 2.05) is 12.1 Å². The fourth-order valence-electron chi connectivity index (χ4n) is 1.68. The molecule has 0 saturated carbocycles. The van der Waals surface area contributed by atoms with Crippen LogP contribution in [0.1, 0.15) is 40.7 Å². The van der Waals surface area contributed by atoms with Gasteiger partial charge in [-0.1, -0.05) is 0 Å². The Kier molecular flexibility index (Phi) is 3.05. The molecule has 0 fully saturated rings. The van der Waals surface area contributed by atoms with E-state index >= 15 is 0 Å². The van der Waals surface area contributed by atoms with Crippen LogP contribution in [0.4, 0.5) is 0 Å². The second kappa shape index (κ2) is 4.67. The summed E-state index contributed by atoms with van der Waals surface area (Å²) in [6.07, 6.45) is 1.35. The predicted molar refractivity (Wildman–Crippen MR) is 61.1 cm³/mol. The van der Waals surface area contributed by atoms with E-state index in [2.05, 4.69) is 4.98 Å². The van der Waals surface area contributed by atoms with E-state index in [0.29, 0.717) is 5.76 Å². The lowest BCUT2D eigenvalue weighted by atomic mass is 10.2. The summed E-state index contributed by atoms with van der Waals surface area (Å²) in [5.41, 5.74) is 0.141. The maximum atomic E-state index is 10.7. The highest BCUT2D eigenvalue weighted by Crippen LogP contribution is 2.23. The first-order valence-electron chi connectivity index (χ1n) is 5.28. The van der Waals surface area contributed by atoms with Crippen molar-refractivity contribution in [2.75, 3.05) is 0 Å². The second-order valence-corrected chi connectivity index (χ2v) is 3.76. The van der Waals surface area contributed by atoms with Crippen LogP contribution >= 0.6 is 0 Å². The molecule has 1 atom stereocenters. The van der Waals surface area contributed by atoms with Gasteiger partial charge in [-0.25, -0.2) is 9.78 Å². The average Bonchev–Trinajstić information content (AvgIpc) is 3.03. The lowest BCUT2D eigenvalue weighted by Crippen LogP contribution is -2.07. The molecule has 2 heterocycles. The molecule has 0 amide bonds. The van der Waals surface area contributed by atoms with Gasteiger partial charge >= 0.3 is 5.97 Å². The molecule has 0 aliphatic carbocycles. The number of carboxylic acids is 1. The van der Waals surface area contributed by atoms with Crippen LogP contribution in [-0.4, -0.2) is 20.6 Å². The normalized spacial score (nSPS) is 11.5. The van der Waals surface area contributed by atoms with Crippen molar-refractivity contribution < 1.29 is 14.3 Å². The van der Waals surface area contributed by atoms with Crippen LogP contribution in [0.5, 0.6) is 0 Å². The van der Waals surface area contributed by atoms with E-state index in [1.165, 1.54) is 23.0 Å². The van der Waals surface area contributed by atoms with E-state index in [4.69, 9.17) is 20.0 Å². The summed E-state index contributed by atoms with van der Waals surface area (Å²) in [5.74, 6) is -0.973. The van der Waals surface area contributed by atoms with E-state index in [0.717, 1.165) is 0 Å². The van der Waals surface area contributed by atoms with Crippen molar-refractivity contribution in [3.8, 4) is 12.1 Å². The summed E-state index contributed by atoms with van der Waals surface area (Å²) in [6.45, 7) is 1.72. The minimum Gasteiger partial charge on any atom is -0.475 e. The molecule has 2 rings (SSSR count). The number of imidazole rings is 1. The van der Waals surface area contributed by atoms with Crippen molar-refractivity contribution in [2.24, 2.45) is 0 Å². The van der Waals surface area contributed by atoms with Gasteiger partial charge in [0.1, 0.15) is 17.9 Å². The minimum absolute atomic E-state index is 0.0272. The molecule has 0 spiro atoms. The van der Waals surface area contributed by atoms with E-state index in [-0.39, 0.29) is 17.1 Å². The first-order chi connectivity index (χ1) is 9.08. The number of carbonyl (C=O) groups is 1. The lowest BCUT2D eigenvalue weighted by molar-refractivity contribution is 0.0659. The van der Waals surface area contributed by atoms with Gasteiger partial charge in [-0.2, -0.15) is 10.5 Å². The number of carboxylic acid groups (broad SMARTS) is 1. The molecule has 1 unspecified atom stereocenters. The number of hydrogen-bond donors (Lipinski definition) is 1. The zero-order chi connectivity index (χ0) is 14.0. The zero-order valence-electron chi connectivity index (χ0n) is 9.86. The Labute approximate surface area is 107 Å². The number of furan rings is 1. The molecule has 0 radical (unpaired) electrons. The van der Waals surface area contributed by atoms with Crippen LogP contribution in [-0.2, 0) is 0 Å². The van der Waals surface area contributed by atoms with Gasteiger partial charge in [-0.05, 0) is 19.1 Å². The van der Waals surface area contributed by atoms with Gasteiger partial charge < -0.3 is 14.1 Å². The monoisotopic (exact) mass is 256 g/mol. The predicted octanol–water partition coefficient (Wildman–Crippen LogP) is 1.53. The number of nitriles is 2. The lowest BCUT2D eigenvalue weighted by Gasteiger charge is -2.10. The summed E-state index contributed by atoms with van der Waals surface area (Å²) in [7, 11) is 0. The van der Waals surface area contributed by atoms with Crippen LogP contribution in [0.15, 0.2) is 22.9 Å². The Hall–Kier alpha value is -3.06. The van der Waals surface area contributed by atoms with Gasteiger partial charge in [0.15, 0.2) is 11.4 Å². The van der Waals surface area contributed by atoms with E-state index in [1.54, 1.807) is 6.92 Å². The van der Waals surface area contributed by atoms with Gasteiger partial charge in [-0.3, -0.25) is 0 Å². The summed E-state index contributed by atoms with van der Waals surface area (Å²) in [5, 5.41) is 26.6. The number of rotatable bonds is 3. The Bertz CT molecular complexity index is 714. The SMILES string of the molecule is CC(c1ccc(C(=O)O)o1)n1cnc(C#N)c1C#N. The Morgan fingerprint density at radius 3 is 2.74 bits per heavy atom. The van der Waals surface area contributed by atoms with Gasteiger partial charge in [0.25, 0.3) is 0 Å². The highest BCUT2D eigenvalue weighted by Gasteiger charge is 2.20. The molecular formula is C12H8N4O3. The molecular weight excluding hydrogens is 248 g/mol. The first-order valence-corrected chi connectivity index (χ1v) is 5.28. The molecule has 0 aromatic carbocycles. The van der Waals surface area contributed by atoms with Crippen LogP contribution in [0.2, 0.25) is 0 Å². The second-order valence-electron chi connectivity index (χ2n) is 3.76. The van der Waals surface area contributed by atoms with Crippen molar-refractivity contribution in [3.63, 3.8) is 0 Å². The molecule has 7 heteroatoms. The van der Waals surface area contributed by atoms with Crippen LogP contribution < -0.4 is 0 Å². The van der Waals surface area contributed by atoms with Gasteiger partial charge in [-0.15, -0.1) is 0 Å². The molecule has 0 bridgehead atoms. The van der Waals surface area contributed by atoms with Crippen molar-refractivity contribution >= 4 is 5.97 Å². The molecule has 0 saturated heterocycles. The molecule has 19 heavy (non-hydrogen) atoms. The largest absolute Gasteiger partial charge is 0.475 e. The fraction of sp³-hybridized carbons (Fsp3) is 0.167. The maximum absolute atomic E-state index is 10.7. The minimum atomic E-state index is -1.16. The molecule has 1 N–H and O–H groups in total. The fourth-order valence-corrected chi connectivity index (χ4v) is 1.68. The standard InChI is InChI=1S/C12H8N4O3/c1-7(10-2-3-11(19-10)12(17)18)16-6-15-8(4-13)9(16)5-14/h2-3,6-7H,1H3,(H,17,18). The molecule has 94 valence electrons. The third kappa shape index (κ3) is 2.05. The molecule has 0 aliphatic heterocycles. The maximum Gasteiger partial charge on any atom is 0.371 e. The zero-order valence-corrected chi connectivity index (χ0v) is 9.86. The summed E-state index contributed by atoms with van der Waals surface area (Å²) in [4.78, 5) is 14.6. The number of hydrogen-bond acceptors (Lipinski definition) is 5. The molecule has 0 aliphatic rings. The highest BCUT2D eigenvalue weighted by atomic mass is 16.4. The highest BCUT2D eigenvalue weighted by molar-refractivity contribution is 5.84. The van der Waals surface area contributed by atoms with Gasteiger partial charge in [0, 0.05) is 0 Å². The number of aromatic carboxylic acids is 1. The Balaban J connectivity index is 2.42. The van der Waals surface area contributed by atoms with Crippen molar-refractivity contribution in [2.45, 2.75) is 13.0 Å². The van der Waals surface area contributed by atoms with Gasteiger partial charge in [0.05, 0.1) is 12.4 Å². The quantitative estimate of drug-likeness (QED) is 0.889. The van der Waals surface area contributed by atoms with Crippen molar-refractivity contribution in [1.82, 2.24) is 9.55 Å². The smallest absolute Gasteiger partial charge is 0.371 e. The summed E-state index contributed by atoms with van der Waals surface area (Å²) >= 11 is 0. The van der Waals surface area contributed by atoms with Crippen molar-refractivity contribution in [3.05, 3.63) is 41.4 Å². The summed E-state index contributed by atoms with van der Waals surface area (Å²) < 4.78 is 6.62. The third-order valence-corrected chi connectivity index (χ3v) is 2.67. The Morgan fingerprint density at radius 1 is 1.47 bits per heavy atom. The van der Waals surface area contributed by atoms with E-state index < -0.39 is 12.0 Å². The van der Waals surface area contributed by atoms with E-state index in [9.17, 15) is 4.79 Å². The summed E-state index contributed by atoms with van der Waals surface area (Å²) in [6, 6.07) is 6.13. The Morgan fingerprint density at radius 2 is 2.21 bits per heavy atom. The molecule has 2 aromatic heterocycles. The van der Waals surface area contributed by atoms with Crippen LogP contribution in [0.3, 0.4) is 0 Å². The van der Waals surface area contributed by atoms with Crippen LogP contribution in [0.25, 0.3) is 0 Å². The van der Waals surface area contributed by atoms with Crippen molar-refractivity contribution in [1.29, 1.82) is 10.5 Å². The topological polar surface area (TPSA) is 116 Å². The first kappa shape index (κ1) is 12.4. The van der Waals surface area contributed by atoms with Gasteiger partial charge in [0.2, 0.25) is 5.76 Å². The number of nitrogens with zero attached hydrogens (tertiary/aromatic N) is 4. The number of aromatic nitrogens is 2. The third-order valence-electron chi connectivity index (χ3n) is 2.67. The van der Waals surface area contributed by atoms with Crippen LogP contribution in [0, 0.1) is 22.7 Å².